The zero-order valence-electron chi connectivity index (χ0n) is 14.5. The molecular formula is C19H32N2O2. The molecule has 4 fully saturated rings. The van der Waals surface area contributed by atoms with Crippen molar-refractivity contribution in [2.24, 2.45) is 5.41 Å². The van der Waals surface area contributed by atoms with Gasteiger partial charge in [0.15, 0.2) is 0 Å². The average molecular weight is 320 g/mol. The summed E-state index contributed by atoms with van der Waals surface area (Å²) in [7, 11) is 0. The number of hydrogen-bond donors (Lipinski definition) is 0. The molecule has 4 rings (SSSR count). The second-order valence-electron chi connectivity index (χ2n) is 8.37. The summed E-state index contributed by atoms with van der Waals surface area (Å²) in [6.07, 6.45) is 13.4. The molecule has 0 aromatic rings. The Morgan fingerprint density at radius 3 is 2.70 bits per heavy atom. The first-order chi connectivity index (χ1) is 11.3. The third-order valence-electron chi connectivity index (χ3n) is 6.84. The van der Waals surface area contributed by atoms with Gasteiger partial charge in [0.25, 0.3) is 0 Å². The molecule has 0 aromatic carbocycles. The molecule has 4 aliphatic rings. The summed E-state index contributed by atoms with van der Waals surface area (Å²) in [5, 5.41) is 0. The highest BCUT2D eigenvalue weighted by Gasteiger charge is 2.41. The Labute approximate surface area is 140 Å². The van der Waals surface area contributed by atoms with Gasteiger partial charge in [0.1, 0.15) is 0 Å². The molecule has 0 bridgehead atoms. The van der Waals surface area contributed by atoms with E-state index < -0.39 is 0 Å². The molecule has 2 saturated carbocycles. The van der Waals surface area contributed by atoms with Crippen molar-refractivity contribution in [3.05, 3.63) is 0 Å². The van der Waals surface area contributed by atoms with Crippen molar-refractivity contribution in [2.45, 2.75) is 76.4 Å². The Balaban J connectivity index is 1.34. The van der Waals surface area contributed by atoms with E-state index >= 15 is 0 Å². The second-order valence-corrected chi connectivity index (χ2v) is 8.37. The topological polar surface area (TPSA) is 32.8 Å². The summed E-state index contributed by atoms with van der Waals surface area (Å²) < 4.78 is 5.91. The summed E-state index contributed by atoms with van der Waals surface area (Å²) in [6.45, 7) is 4.47. The number of ether oxygens (including phenoxy) is 1. The molecule has 23 heavy (non-hydrogen) atoms. The van der Waals surface area contributed by atoms with Crippen molar-refractivity contribution < 1.29 is 9.53 Å². The van der Waals surface area contributed by atoms with Gasteiger partial charge in [-0.15, -0.1) is 0 Å². The number of amides is 1. The third-order valence-corrected chi connectivity index (χ3v) is 6.84. The molecule has 1 spiro atoms. The van der Waals surface area contributed by atoms with Crippen LogP contribution in [-0.2, 0) is 9.53 Å². The first kappa shape index (κ1) is 15.9. The lowest BCUT2D eigenvalue weighted by Gasteiger charge is -2.44. The van der Waals surface area contributed by atoms with Crippen LogP contribution in [-0.4, -0.2) is 60.6 Å². The van der Waals surface area contributed by atoms with Gasteiger partial charge in [-0.25, -0.2) is 0 Å². The Kier molecular flexibility index (Phi) is 4.64. The minimum Gasteiger partial charge on any atom is -0.374 e. The number of carbonyl (C=O) groups is 1. The molecule has 0 unspecified atom stereocenters. The Morgan fingerprint density at radius 2 is 1.83 bits per heavy atom. The van der Waals surface area contributed by atoms with E-state index in [0.29, 0.717) is 30.0 Å². The predicted molar refractivity (Wildman–Crippen MR) is 90.3 cm³/mol. The van der Waals surface area contributed by atoms with Crippen LogP contribution < -0.4 is 0 Å². The van der Waals surface area contributed by atoms with E-state index in [4.69, 9.17) is 4.74 Å². The standard InChI is InChI=1S/C19H32N2O2/c22-18(21-12-13-23-17-7-3-2-6-16(17)21)14-20-11-10-19(15-20)8-4-1-5-9-19/h16-17H,1-15H2/t16-,17+/m0/s1. The fourth-order valence-corrected chi connectivity index (χ4v) is 5.56. The van der Waals surface area contributed by atoms with Crippen LogP contribution in [0.4, 0.5) is 0 Å². The second kappa shape index (κ2) is 6.72. The maximum atomic E-state index is 12.9. The maximum absolute atomic E-state index is 12.9. The van der Waals surface area contributed by atoms with Gasteiger partial charge in [-0.05, 0) is 44.1 Å². The summed E-state index contributed by atoms with van der Waals surface area (Å²) in [5.74, 6) is 0.359. The van der Waals surface area contributed by atoms with Crippen LogP contribution in [0, 0.1) is 5.41 Å². The zero-order valence-corrected chi connectivity index (χ0v) is 14.5. The number of nitrogens with zero attached hydrogens (tertiary/aromatic N) is 2. The van der Waals surface area contributed by atoms with E-state index in [9.17, 15) is 4.79 Å². The van der Waals surface area contributed by atoms with Crippen LogP contribution in [0.15, 0.2) is 0 Å². The molecule has 4 heteroatoms. The fraction of sp³-hybridized carbons (Fsp3) is 0.947. The average Bonchev–Trinajstić information content (AvgIpc) is 2.97. The molecule has 1 amide bonds. The molecule has 0 radical (unpaired) electrons. The number of hydrogen-bond acceptors (Lipinski definition) is 3. The van der Waals surface area contributed by atoms with Crippen LogP contribution in [0.2, 0.25) is 0 Å². The number of likely N-dealkylation sites (tertiary alicyclic amines) is 1. The van der Waals surface area contributed by atoms with Crippen molar-refractivity contribution >= 4 is 5.91 Å². The molecule has 4 nitrogen and oxygen atoms in total. The SMILES string of the molecule is O=C(CN1CCC2(CCCCC2)C1)N1CCO[C@@H]2CCCC[C@@H]21. The Hall–Kier alpha value is -0.610. The molecule has 2 aliphatic carbocycles. The highest BCUT2D eigenvalue weighted by molar-refractivity contribution is 5.79. The summed E-state index contributed by atoms with van der Waals surface area (Å²) in [4.78, 5) is 17.5. The van der Waals surface area contributed by atoms with Crippen LogP contribution in [0.25, 0.3) is 0 Å². The van der Waals surface area contributed by atoms with Gasteiger partial charge >= 0.3 is 0 Å². The number of fused-ring (bicyclic) bond motifs is 1. The molecule has 2 heterocycles. The third kappa shape index (κ3) is 3.30. The molecule has 0 N–H and O–H groups in total. The largest absolute Gasteiger partial charge is 0.374 e. The molecule has 2 aliphatic heterocycles. The zero-order chi connectivity index (χ0) is 15.7. The van der Waals surface area contributed by atoms with Gasteiger partial charge in [0, 0.05) is 13.1 Å². The van der Waals surface area contributed by atoms with E-state index in [0.717, 1.165) is 39.1 Å². The van der Waals surface area contributed by atoms with Crippen molar-refractivity contribution in [2.75, 3.05) is 32.8 Å². The van der Waals surface area contributed by atoms with Crippen molar-refractivity contribution in [3.63, 3.8) is 0 Å². The first-order valence-electron chi connectivity index (χ1n) is 9.89. The number of rotatable bonds is 2. The van der Waals surface area contributed by atoms with Crippen LogP contribution >= 0.6 is 0 Å². The van der Waals surface area contributed by atoms with Crippen LogP contribution in [0.3, 0.4) is 0 Å². The first-order valence-corrected chi connectivity index (χ1v) is 9.89. The van der Waals surface area contributed by atoms with E-state index in [1.807, 2.05) is 0 Å². The van der Waals surface area contributed by atoms with Crippen molar-refractivity contribution in [3.8, 4) is 0 Å². The van der Waals surface area contributed by atoms with Crippen molar-refractivity contribution in [1.82, 2.24) is 9.80 Å². The summed E-state index contributed by atoms with van der Waals surface area (Å²) >= 11 is 0. The molecular weight excluding hydrogens is 288 g/mol. The monoisotopic (exact) mass is 320 g/mol. The van der Waals surface area contributed by atoms with Crippen LogP contribution in [0.5, 0.6) is 0 Å². The normalized spacial score (nSPS) is 34.5. The molecule has 2 saturated heterocycles. The minimum absolute atomic E-state index is 0.310. The quantitative estimate of drug-likeness (QED) is 0.784. The highest BCUT2D eigenvalue weighted by Crippen LogP contribution is 2.43. The van der Waals surface area contributed by atoms with Gasteiger partial charge in [0.2, 0.25) is 5.91 Å². The lowest BCUT2D eigenvalue weighted by molar-refractivity contribution is -0.150. The van der Waals surface area contributed by atoms with E-state index in [2.05, 4.69) is 9.80 Å². The van der Waals surface area contributed by atoms with Crippen molar-refractivity contribution in [1.29, 1.82) is 0 Å². The van der Waals surface area contributed by atoms with Gasteiger partial charge in [-0.1, -0.05) is 32.1 Å². The van der Waals surface area contributed by atoms with Gasteiger partial charge in [-0.3, -0.25) is 9.69 Å². The number of carbonyl (C=O) groups excluding carboxylic acids is 1. The van der Waals surface area contributed by atoms with E-state index in [1.165, 1.54) is 51.4 Å². The Morgan fingerprint density at radius 1 is 1.00 bits per heavy atom. The van der Waals surface area contributed by atoms with E-state index in [-0.39, 0.29) is 0 Å². The lowest BCUT2D eigenvalue weighted by Crippen LogP contribution is -2.56. The minimum atomic E-state index is 0.310. The van der Waals surface area contributed by atoms with Gasteiger partial charge in [0.05, 0.1) is 25.3 Å². The van der Waals surface area contributed by atoms with E-state index in [1.54, 1.807) is 0 Å². The number of morpholine rings is 1. The molecule has 130 valence electrons. The molecule has 2 atom stereocenters. The lowest BCUT2D eigenvalue weighted by atomic mass is 9.73. The fourth-order valence-electron chi connectivity index (χ4n) is 5.56. The molecule has 0 aromatic heterocycles. The predicted octanol–water partition coefficient (Wildman–Crippen LogP) is 2.81. The summed E-state index contributed by atoms with van der Waals surface area (Å²) in [5.41, 5.74) is 0.552. The van der Waals surface area contributed by atoms with Crippen LogP contribution in [0.1, 0.15) is 64.2 Å². The smallest absolute Gasteiger partial charge is 0.237 e. The summed E-state index contributed by atoms with van der Waals surface area (Å²) in [6, 6.07) is 0.358. The highest BCUT2D eigenvalue weighted by atomic mass is 16.5. The maximum Gasteiger partial charge on any atom is 0.237 e. The van der Waals surface area contributed by atoms with Gasteiger partial charge < -0.3 is 9.64 Å². The van der Waals surface area contributed by atoms with Gasteiger partial charge in [-0.2, -0.15) is 0 Å². The Bertz CT molecular complexity index is 431.